The van der Waals surface area contributed by atoms with Crippen LogP contribution in [0.25, 0.3) is 0 Å². The lowest BCUT2D eigenvalue weighted by molar-refractivity contribution is -0.137. The van der Waals surface area contributed by atoms with Crippen molar-refractivity contribution in [2.75, 3.05) is 26.2 Å². The van der Waals surface area contributed by atoms with Gasteiger partial charge in [-0.25, -0.2) is 4.98 Å². The van der Waals surface area contributed by atoms with E-state index in [0.29, 0.717) is 13.2 Å². The first-order valence-electron chi connectivity index (χ1n) is 5.96. The minimum atomic E-state index is -4.45. The van der Waals surface area contributed by atoms with E-state index in [1.165, 1.54) is 0 Å². The van der Waals surface area contributed by atoms with Gasteiger partial charge in [-0.05, 0) is 19.2 Å². The van der Waals surface area contributed by atoms with Crippen molar-refractivity contribution in [3.63, 3.8) is 0 Å². The summed E-state index contributed by atoms with van der Waals surface area (Å²) < 4.78 is 42.5. The molecular formula is C12H16ClF3N2O. The fourth-order valence-corrected chi connectivity index (χ4v) is 1.72. The molecule has 0 aliphatic heterocycles. The van der Waals surface area contributed by atoms with Crippen LogP contribution in [0.2, 0.25) is 5.02 Å². The molecule has 1 aromatic heterocycles. The van der Waals surface area contributed by atoms with Gasteiger partial charge in [-0.15, -0.1) is 0 Å². The van der Waals surface area contributed by atoms with E-state index >= 15 is 0 Å². The topological polar surface area (TPSA) is 25.4 Å². The summed E-state index contributed by atoms with van der Waals surface area (Å²) in [5, 5.41) is -0.130. The van der Waals surface area contributed by atoms with Crippen molar-refractivity contribution >= 4 is 11.6 Å². The molecular weight excluding hydrogens is 281 g/mol. The van der Waals surface area contributed by atoms with Gasteiger partial charge in [0.1, 0.15) is 11.6 Å². The Morgan fingerprint density at radius 1 is 1.32 bits per heavy atom. The Bertz CT molecular complexity index is 408. The van der Waals surface area contributed by atoms with Crippen LogP contribution < -0.4 is 4.74 Å². The minimum Gasteiger partial charge on any atom is -0.475 e. The van der Waals surface area contributed by atoms with Crippen molar-refractivity contribution in [2.45, 2.75) is 20.0 Å². The van der Waals surface area contributed by atoms with E-state index in [1.54, 1.807) is 0 Å². The number of rotatable bonds is 6. The molecule has 0 amide bonds. The Morgan fingerprint density at radius 3 is 2.42 bits per heavy atom. The van der Waals surface area contributed by atoms with Crippen LogP contribution in [-0.4, -0.2) is 36.1 Å². The van der Waals surface area contributed by atoms with Gasteiger partial charge in [-0.3, -0.25) is 0 Å². The zero-order chi connectivity index (χ0) is 14.5. The van der Waals surface area contributed by atoms with Crippen LogP contribution in [0.5, 0.6) is 5.88 Å². The number of likely N-dealkylation sites (N-methyl/N-ethyl adjacent to an activating group) is 1. The largest absolute Gasteiger partial charge is 0.475 e. The number of alkyl halides is 3. The van der Waals surface area contributed by atoms with E-state index in [9.17, 15) is 13.2 Å². The van der Waals surface area contributed by atoms with Gasteiger partial charge in [-0.1, -0.05) is 25.4 Å². The molecule has 0 saturated heterocycles. The third-order valence-electron chi connectivity index (χ3n) is 2.68. The van der Waals surface area contributed by atoms with Gasteiger partial charge in [0, 0.05) is 12.7 Å². The molecule has 19 heavy (non-hydrogen) atoms. The molecule has 0 radical (unpaired) electrons. The highest BCUT2D eigenvalue weighted by Crippen LogP contribution is 2.32. The highest BCUT2D eigenvalue weighted by Gasteiger charge is 2.31. The van der Waals surface area contributed by atoms with Gasteiger partial charge in [0.2, 0.25) is 5.88 Å². The van der Waals surface area contributed by atoms with E-state index in [1.807, 2.05) is 13.8 Å². The molecule has 0 unspecified atom stereocenters. The highest BCUT2D eigenvalue weighted by atomic mass is 35.5. The third kappa shape index (κ3) is 4.87. The zero-order valence-electron chi connectivity index (χ0n) is 10.8. The van der Waals surface area contributed by atoms with Crippen molar-refractivity contribution in [2.24, 2.45) is 0 Å². The fraction of sp³-hybridized carbons (Fsp3) is 0.583. The standard InChI is InChI=1S/C12H16ClF3N2O/c1-3-18(4-2)5-6-19-11-10(13)7-9(8-17-11)12(14,15)16/h7-8H,3-6H2,1-2H3. The van der Waals surface area contributed by atoms with Crippen LogP contribution in [0.3, 0.4) is 0 Å². The average Bonchev–Trinajstić information content (AvgIpc) is 2.35. The van der Waals surface area contributed by atoms with Crippen molar-refractivity contribution in [3.05, 3.63) is 22.8 Å². The van der Waals surface area contributed by atoms with Gasteiger partial charge in [-0.2, -0.15) is 13.2 Å². The van der Waals surface area contributed by atoms with Gasteiger partial charge >= 0.3 is 6.18 Å². The molecule has 1 rings (SSSR count). The lowest BCUT2D eigenvalue weighted by Crippen LogP contribution is -2.28. The first-order valence-corrected chi connectivity index (χ1v) is 6.34. The molecule has 0 aromatic carbocycles. The average molecular weight is 297 g/mol. The number of ether oxygens (including phenoxy) is 1. The van der Waals surface area contributed by atoms with Crippen LogP contribution in [0.1, 0.15) is 19.4 Å². The molecule has 0 spiro atoms. The Hall–Kier alpha value is -1.01. The zero-order valence-corrected chi connectivity index (χ0v) is 11.6. The van der Waals surface area contributed by atoms with Crippen LogP contribution in [0, 0.1) is 0 Å². The predicted molar refractivity (Wildman–Crippen MR) is 67.5 cm³/mol. The summed E-state index contributed by atoms with van der Waals surface area (Å²) in [5.41, 5.74) is -0.881. The lowest BCUT2D eigenvalue weighted by Gasteiger charge is -2.18. The highest BCUT2D eigenvalue weighted by molar-refractivity contribution is 6.31. The van der Waals surface area contributed by atoms with Crippen LogP contribution >= 0.6 is 11.6 Å². The summed E-state index contributed by atoms with van der Waals surface area (Å²) in [6.07, 6.45) is -3.73. The molecule has 0 aliphatic carbocycles. The smallest absolute Gasteiger partial charge is 0.417 e. The molecule has 0 saturated carbocycles. The van der Waals surface area contributed by atoms with Gasteiger partial charge in [0.15, 0.2) is 0 Å². The number of hydrogen-bond donors (Lipinski definition) is 0. The molecule has 0 fully saturated rings. The predicted octanol–water partition coefficient (Wildman–Crippen LogP) is 3.47. The molecule has 3 nitrogen and oxygen atoms in total. The van der Waals surface area contributed by atoms with Crippen molar-refractivity contribution in [1.82, 2.24) is 9.88 Å². The summed E-state index contributed by atoms with van der Waals surface area (Å²) in [5.74, 6) is 0.0295. The Morgan fingerprint density at radius 2 is 1.95 bits per heavy atom. The summed E-state index contributed by atoms with van der Waals surface area (Å²) in [6, 6.07) is 0.821. The van der Waals surface area contributed by atoms with E-state index in [4.69, 9.17) is 16.3 Å². The quantitative estimate of drug-likeness (QED) is 0.804. The van der Waals surface area contributed by atoms with Crippen LogP contribution in [-0.2, 0) is 6.18 Å². The van der Waals surface area contributed by atoms with Gasteiger partial charge in [0.05, 0.1) is 5.56 Å². The summed E-state index contributed by atoms with van der Waals surface area (Å²) >= 11 is 5.72. The van der Waals surface area contributed by atoms with Crippen LogP contribution in [0.15, 0.2) is 12.3 Å². The molecule has 0 aliphatic rings. The maximum atomic E-state index is 12.4. The lowest BCUT2D eigenvalue weighted by atomic mass is 10.3. The van der Waals surface area contributed by atoms with Crippen LogP contribution in [0.4, 0.5) is 13.2 Å². The second-order valence-corrected chi connectivity index (χ2v) is 4.29. The molecule has 108 valence electrons. The second-order valence-electron chi connectivity index (χ2n) is 3.88. The molecule has 1 aromatic rings. The maximum absolute atomic E-state index is 12.4. The second kappa shape index (κ2) is 6.96. The monoisotopic (exact) mass is 296 g/mol. The first-order chi connectivity index (χ1) is 8.88. The minimum absolute atomic E-state index is 0.0295. The van der Waals surface area contributed by atoms with Gasteiger partial charge < -0.3 is 9.64 Å². The van der Waals surface area contributed by atoms with E-state index in [-0.39, 0.29) is 10.9 Å². The van der Waals surface area contributed by atoms with Gasteiger partial charge in [0.25, 0.3) is 0 Å². The summed E-state index contributed by atoms with van der Waals surface area (Å²) in [6.45, 7) is 6.81. The van der Waals surface area contributed by atoms with Crippen molar-refractivity contribution in [3.8, 4) is 5.88 Å². The van der Waals surface area contributed by atoms with Crippen molar-refractivity contribution in [1.29, 1.82) is 0 Å². The maximum Gasteiger partial charge on any atom is 0.417 e. The molecule has 0 bridgehead atoms. The third-order valence-corrected chi connectivity index (χ3v) is 2.95. The number of nitrogens with zero attached hydrogens (tertiary/aromatic N) is 2. The summed E-state index contributed by atoms with van der Waals surface area (Å²) in [4.78, 5) is 5.72. The number of aromatic nitrogens is 1. The molecule has 7 heteroatoms. The summed E-state index contributed by atoms with van der Waals surface area (Å²) in [7, 11) is 0. The first kappa shape index (κ1) is 16.0. The number of halogens is 4. The molecule has 1 heterocycles. The van der Waals surface area contributed by atoms with E-state index in [0.717, 1.165) is 25.4 Å². The van der Waals surface area contributed by atoms with Crippen molar-refractivity contribution < 1.29 is 17.9 Å². The number of hydrogen-bond acceptors (Lipinski definition) is 3. The molecule has 0 N–H and O–H groups in total. The Balaban J connectivity index is 2.61. The normalized spacial score (nSPS) is 11.9. The SMILES string of the molecule is CCN(CC)CCOc1ncc(C(F)(F)F)cc1Cl. The molecule has 0 atom stereocenters. The van der Waals surface area contributed by atoms with E-state index in [2.05, 4.69) is 9.88 Å². The number of pyridine rings is 1. The van der Waals surface area contributed by atoms with E-state index < -0.39 is 11.7 Å². The fourth-order valence-electron chi connectivity index (χ4n) is 1.50. The Labute approximate surface area is 115 Å². The Kier molecular flexibility index (Phi) is 5.87.